The summed E-state index contributed by atoms with van der Waals surface area (Å²) in [4.78, 5) is 52.2. The number of nitrogens with one attached hydrogen (secondary N) is 3. The molecule has 10 nitrogen and oxygen atoms in total. The number of carboxylic acids is 1. The molecule has 0 saturated carbocycles. The van der Waals surface area contributed by atoms with E-state index in [0.29, 0.717) is 48.1 Å². The van der Waals surface area contributed by atoms with Crippen LogP contribution in [0.25, 0.3) is 0 Å². The number of carbonyl (C=O) groups is 4. The lowest BCUT2D eigenvalue weighted by molar-refractivity contribution is -0.142. The Bertz CT molecular complexity index is 1280. The van der Waals surface area contributed by atoms with E-state index >= 15 is 0 Å². The SMILES string of the molecule is CNC(=O)c1ccc2c(c1)CCc1cc(C(=O)NC)ccc1C2(CCNCC(=O)N1CCC[C@H]1C#N)C(=O)O. The lowest BCUT2D eigenvalue weighted by atomic mass is 9.69. The molecule has 4 N–H and O–H groups in total. The third kappa shape index (κ3) is 5.22. The largest absolute Gasteiger partial charge is 0.480 e. The fourth-order valence-corrected chi connectivity index (χ4v) is 5.80. The maximum Gasteiger partial charge on any atom is 0.318 e. The summed E-state index contributed by atoms with van der Waals surface area (Å²) < 4.78 is 0. The first-order valence-electron chi connectivity index (χ1n) is 13.1. The summed E-state index contributed by atoms with van der Waals surface area (Å²) in [5.74, 6) is -1.76. The van der Waals surface area contributed by atoms with Crippen molar-refractivity contribution in [3.8, 4) is 6.07 Å². The molecule has 1 aliphatic carbocycles. The van der Waals surface area contributed by atoms with Gasteiger partial charge >= 0.3 is 5.97 Å². The standard InChI is InChI=1S/C29H33N5O5/c1-31-26(36)20-7-9-23-18(14-20)5-6-19-15-21(27(37)32-2)8-10-24(19)29(23,28(38)39)11-12-33-17-25(35)34-13-3-4-22(34)16-30/h7-10,14-15,22,33H,3-6,11-13,17H2,1-2H3,(H,31,36)(H,32,37)(H,38,39)/t22-/m0/s1. The number of carbonyl (C=O) groups excluding carboxylic acids is 3. The third-order valence-electron chi connectivity index (χ3n) is 7.81. The van der Waals surface area contributed by atoms with E-state index in [0.717, 1.165) is 17.5 Å². The first-order chi connectivity index (χ1) is 18.8. The first kappa shape index (κ1) is 27.8. The number of nitriles is 1. The van der Waals surface area contributed by atoms with Gasteiger partial charge < -0.3 is 26.0 Å². The lowest BCUT2D eigenvalue weighted by Gasteiger charge is -2.33. The summed E-state index contributed by atoms with van der Waals surface area (Å²) in [5.41, 5.74) is 2.09. The van der Waals surface area contributed by atoms with E-state index in [-0.39, 0.29) is 37.2 Å². The number of hydrogen-bond acceptors (Lipinski definition) is 6. The maximum atomic E-state index is 13.2. The van der Waals surface area contributed by atoms with E-state index in [4.69, 9.17) is 0 Å². The predicted octanol–water partition coefficient (Wildman–Crippen LogP) is 1.37. The molecular formula is C29H33N5O5. The molecule has 2 aromatic carbocycles. The van der Waals surface area contributed by atoms with E-state index < -0.39 is 17.4 Å². The average molecular weight is 532 g/mol. The molecule has 204 valence electrons. The molecule has 2 aromatic rings. The molecule has 0 spiro atoms. The van der Waals surface area contributed by atoms with Crippen LogP contribution in [0.15, 0.2) is 36.4 Å². The summed E-state index contributed by atoms with van der Waals surface area (Å²) in [6.07, 6.45) is 2.57. The number of rotatable bonds is 8. The van der Waals surface area contributed by atoms with Crippen LogP contribution in [0.2, 0.25) is 0 Å². The number of aliphatic carboxylic acids is 1. The molecule has 1 heterocycles. The highest BCUT2D eigenvalue weighted by atomic mass is 16.4. The van der Waals surface area contributed by atoms with E-state index in [1.807, 2.05) is 0 Å². The Balaban J connectivity index is 1.70. The quantitative estimate of drug-likeness (QED) is 0.376. The van der Waals surface area contributed by atoms with Crippen molar-refractivity contribution < 1.29 is 24.3 Å². The molecule has 0 aromatic heterocycles. The topological polar surface area (TPSA) is 152 Å². The zero-order valence-corrected chi connectivity index (χ0v) is 22.2. The van der Waals surface area contributed by atoms with Gasteiger partial charge in [-0.1, -0.05) is 12.1 Å². The molecule has 39 heavy (non-hydrogen) atoms. The van der Waals surface area contributed by atoms with Crippen LogP contribution in [0.1, 0.15) is 62.2 Å². The number of benzene rings is 2. The Morgan fingerprint density at radius 3 is 2.05 bits per heavy atom. The Labute approximate surface area is 227 Å². The normalized spacial score (nSPS) is 17.3. The number of nitrogens with zero attached hydrogens (tertiary/aromatic N) is 2. The van der Waals surface area contributed by atoms with Crippen LogP contribution in [0, 0.1) is 11.3 Å². The van der Waals surface area contributed by atoms with Gasteiger partial charge in [0.25, 0.3) is 11.8 Å². The minimum absolute atomic E-state index is 0.00118. The molecule has 1 fully saturated rings. The summed E-state index contributed by atoms with van der Waals surface area (Å²) in [6.45, 7) is 0.759. The minimum atomic E-state index is -1.47. The number of amides is 3. The molecule has 1 atom stereocenters. The highest BCUT2D eigenvalue weighted by molar-refractivity contribution is 5.96. The Kier molecular flexibility index (Phi) is 8.31. The van der Waals surface area contributed by atoms with Crippen LogP contribution in [0.3, 0.4) is 0 Å². The molecule has 2 aliphatic rings. The molecule has 4 rings (SSSR count). The smallest absolute Gasteiger partial charge is 0.318 e. The molecule has 0 bridgehead atoms. The number of carboxylic acid groups (broad SMARTS) is 1. The van der Waals surface area contributed by atoms with Gasteiger partial charge in [-0.3, -0.25) is 19.2 Å². The zero-order valence-electron chi connectivity index (χ0n) is 22.2. The van der Waals surface area contributed by atoms with E-state index in [1.165, 1.54) is 0 Å². The summed E-state index contributed by atoms with van der Waals surface area (Å²) in [6, 6.07) is 11.9. The van der Waals surface area contributed by atoms with Crippen molar-refractivity contribution in [2.75, 3.05) is 33.7 Å². The van der Waals surface area contributed by atoms with Crippen LogP contribution in [-0.4, -0.2) is 73.5 Å². The molecular weight excluding hydrogens is 498 g/mol. The number of likely N-dealkylation sites (tertiary alicyclic amines) is 1. The highest BCUT2D eigenvalue weighted by Crippen LogP contribution is 2.43. The van der Waals surface area contributed by atoms with E-state index in [9.17, 15) is 29.5 Å². The summed E-state index contributed by atoms with van der Waals surface area (Å²) in [7, 11) is 3.08. The second-order valence-corrected chi connectivity index (χ2v) is 9.91. The van der Waals surface area contributed by atoms with Crippen LogP contribution in [0.4, 0.5) is 0 Å². The monoisotopic (exact) mass is 531 g/mol. The van der Waals surface area contributed by atoms with Crippen molar-refractivity contribution in [1.82, 2.24) is 20.9 Å². The summed E-state index contributed by atoms with van der Waals surface area (Å²) >= 11 is 0. The van der Waals surface area contributed by atoms with Gasteiger partial charge in [-0.25, -0.2) is 0 Å². The maximum absolute atomic E-state index is 13.2. The number of aryl methyl sites for hydroxylation is 2. The Morgan fingerprint density at radius 1 is 1.00 bits per heavy atom. The first-order valence-corrected chi connectivity index (χ1v) is 13.1. The summed E-state index contributed by atoms with van der Waals surface area (Å²) in [5, 5.41) is 28.4. The third-order valence-corrected chi connectivity index (χ3v) is 7.81. The average Bonchev–Trinajstić information content (AvgIpc) is 3.39. The fourth-order valence-electron chi connectivity index (χ4n) is 5.80. The highest BCUT2D eigenvalue weighted by Gasteiger charge is 2.46. The van der Waals surface area contributed by atoms with Crippen molar-refractivity contribution >= 4 is 23.7 Å². The van der Waals surface area contributed by atoms with Gasteiger partial charge in [0.1, 0.15) is 11.5 Å². The zero-order chi connectivity index (χ0) is 28.2. The molecule has 3 amide bonds. The number of fused-ring (bicyclic) bond motifs is 2. The van der Waals surface area contributed by atoms with Crippen LogP contribution >= 0.6 is 0 Å². The van der Waals surface area contributed by atoms with E-state index in [1.54, 1.807) is 55.4 Å². The lowest BCUT2D eigenvalue weighted by Crippen LogP contribution is -2.44. The van der Waals surface area contributed by atoms with Crippen LogP contribution < -0.4 is 16.0 Å². The van der Waals surface area contributed by atoms with Crippen molar-refractivity contribution in [2.24, 2.45) is 0 Å². The van der Waals surface area contributed by atoms with Crippen molar-refractivity contribution in [1.29, 1.82) is 5.26 Å². The minimum Gasteiger partial charge on any atom is -0.480 e. The van der Waals surface area contributed by atoms with Gasteiger partial charge in [0.05, 0.1) is 12.6 Å². The fraction of sp³-hybridized carbons (Fsp3) is 0.414. The molecule has 1 saturated heterocycles. The van der Waals surface area contributed by atoms with E-state index in [2.05, 4.69) is 22.0 Å². The predicted molar refractivity (Wildman–Crippen MR) is 143 cm³/mol. The van der Waals surface area contributed by atoms with Gasteiger partial charge in [0.15, 0.2) is 0 Å². The molecule has 1 aliphatic heterocycles. The van der Waals surface area contributed by atoms with Gasteiger partial charge in [0.2, 0.25) is 5.91 Å². The molecule has 0 unspecified atom stereocenters. The van der Waals surface area contributed by atoms with Gasteiger partial charge in [-0.05, 0) is 85.2 Å². The second-order valence-electron chi connectivity index (χ2n) is 9.91. The van der Waals surface area contributed by atoms with Gasteiger partial charge in [-0.15, -0.1) is 0 Å². The van der Waals surface area contributed by atoms with Crippen molar-refractivity contribution in [3.05, 3.63) is 69.8 Å². The number of hydrogen-bond donors (Lipinski definition) is 4. The van der Waals surface area contributed by atoms with Gasteiger partial charge in [0, 0.05) is 31.8 Å². The molecule has 10 heteroatoms. The Morgan fingerprint density at radius 2 is 1.56 bits per heavy atom. The van der Waals surface area contributed by atoms with Crippen LogP contribution in [-0.2, 0) is 27.8 Å². The van der Waals surface area contributed by atoms with Crippen molar-refractivity contribution in [3.63, 3.8) is 0 Å². The Hall–Kier alpha value is -4.23. The second kappa shape index (κ2) is 11.7. The van der Waals surface area contributed by atoms with Crippen molar-refractivity contribution in [2.45, 2.75) is 43.6 Å². The molecule has 0 radical (unpaired) electrons. The van der Waals surface area contributed by atoms with Crippen LogP contribution in [0.5, 0.6) is 0 Å². The van der Waals surface area contributed by atoms with Gasteiger partial charge in [-0.2, -0.15) is 5.26 Å².